The molecule has 104 valence electrons. The summed E-state index contributed by atoms with van der Waals surface area (Å²) in [7, 11) is 2.03. The summed E-state index contributed by atoms with van der Waals surface area (Å²) in [5.74, 6) is -0.936. The van der Waals surface area contributed by atoms with Crippen LogP contribution in [0.4, 0.5) is 5.69 Å². The van der Waals surface area contributed by atoms with E-state index in [-0.39, 0.29) is 6.04 Å². The van der Waals surface area contributed by atoms with Gasteiger partial charge in [0.15, 0.2) is 0 Å². The van der Waals surface area contributed by atoms with Crippen LogP contribution in [-0.4, -0.2) is 18.1 Å². The molecule has 0 aliphatic rings. The summed E-state index contributed by atoms with van der Waals surface area (Å²) >= 11 is 1.72. The van der Waals surface area contributed by atoms with Crippen molar-refractivity contribution in [1.82, 2.24) is 0 Å². The molecule has 1 aromatic carbocycles. The minimum absolute atomic E-state index is 0.245. The molecule has 4 heteroatoms. The molecular formula is C16H17NO2S. The smallest absolute Gasteiger partial charge is 0.328 e. The van der Waals surface area contributed by atoms with E-state index in [1.165, 1.54) is 11.0 Å². The van der Waals surface area contributed by atoms with Crippen molar-refractivity contribution in [2.24, 2.45) is 0 Å². The molecule has 0 aliphatic carbocycles. The molecular weight excluding hydrogens is 270 g/mol. The van der Waals surface area contributed by atoms with E-state index in [4.69, 9.17) is 5.11 Å². The summed E-state index contributed by atoms with van der Waals surface area (Å²) in [5.41, 5.74) is 1.92. The summed E-state index contributed by atoms with van der Waals surface area (Å²) in [6.45, 7) is 2.14. The van der Waals surface area contributed by atoms with Crippen LogP contribution in [0.2, 0.25) is 0 Å². The number of carboxylic acid groups (broad SMARTS) is 1. The Labute approximate surface area is 122 Å². The zero-order chi connectivity index (χ0) is 14.5. The van der Waals surface area contributed by atoms with E-state index in [1.54, 1.807) is 17.4 Å². The second-order valence-corrected chi connectivity index (χ2v) is 5.51. The van der Waals surface area contributed by atoms with Crippen LogP contribution in [0.5, 0.6) is 0 Å². The fourth-order valence-electron chi connectivity index (χ4n) is 2.04. The maximum atomic E-state index is 10.7. The standard InChI is InChI=1S/C16H17NO2S/c1-12(15-8-5-11-20-15)17(2)14-7-4-3-6-13(14)9-10-16(18)19/h3-12H,1-2H3,(H,18,19). The number of carboxylic acids is 1. The van der Waals surface area contributed by atoms with Crippen LogP contribution in [-0.2, 0) is 4.79 Å². The van der Waals surface area contributed by atoms with Crippen molar-refractivity contribution in [1.29, 1.82) is 0 Å². The monoisotopic (exact) mass is 287 g/mol. The molecule has 3 nitrogen and oxygen atoms in total. The van der Waals surface area contributed by atoms with Gasteiger partial charge in [-0.05, 0) is 36.1 Å². The summed E-state index contributed by atoms with van der Waals surface area (Å²) in [6.07, 6.45) is 2.80. The average Bonchev–Trinajstić information content (AvgIpc) is 2.98. The quantitative estimate of drug-likeness (QED) is 0.844. The third-order valence-corrected chi connectivity index (χ3v) is 4.30. The number of benzene rings is 1. The zero-order valence-electron chi connectivity index (χ0n) is 11.5. The normalized spacial score (nSPS) is 12.5. The number of para-hydroxylation sites is 1. The summed E-state index contributed by atoms with van der Waals surface area (Å²) in [5, 5.41) is 10.8. The van der Waals surface area contributed by atoms with E-state index in [1.807, 2.05) is 37.4 Å². The third-order valence-electron chi connectivity index (χ3n) is 3.26. The third kappa shape index (κ3) is 3.27. The topological polar surface area (TPSA) is 40.5 Å². The van der Waals surface area contributed by atoms with Gasteiger partial charge in [0.2, 0.25) is 0 Å². The number of carbonyl (C=O) groups is 1. The van der Waals surface area contributed by atoms with Crippen molar-refractivity contribution in [2.75, 3.05) is 11.9 Å². The highest BCUT2D eigenvalue weighted by Gasteiger charge is 2.14. The highest BCUT2D eigenvalue weighted by atomic mass is 32.1. The van der Waals surface area contributed by atoms with Gasteiger partial charge in [-0.25, -0.2) is 4.79 Å². The lowest BCUT2D eigenvalue weighted by Crippen LogP contribution is -2.21. The summed E-state index contributed by atoms with van der Waals surface area (Å²) < 4.78 is 0. The molecule has 0 saturated carbocycles. The predicted molar refractivity (Wildman–Crippen MR) is 84.2 cm³/mol. The Morgan fingerprint density at radius 2 is 2.05 bits per heavy atom. The molecule has 0 aliphatic heterocycles. The fourth-order valence-corrected chi connectivity index (χ4v) is 2.87. The van der Waals surface area contributed by atoms with Crippen molar-refractivity contribution in [2.45, 2.75) is 13.0 Å². The Bertz CT molecular complexity index is 605. The molecule has 0 bridgehead atoms. The number of hydrogen-bond acceptors (Lipinski definition) is 3. The van der Waals surface area contributed by atoms with Gasteiger partial charge in [0, 0.05) is 23.7 Å². The predicted octanol–water partition coefficient (Wildman–Crippen LogP) is 4.04. The highest BCUT2D eigenvalue weighted by Crippen LogP contribution is 2.30. The van der Waals surface area contributed by atoms with Gasteiger partial charge in [0.1, 0.15) is 0 Å². The van der Waals surface area contributed by atoms with Crippen LogP contribution in [0.3, 0.4) is 0 Å². The minimum atomic E-state index is -0.936. The van der Waals surface area contributed by atoms with Crippen LogP contribution < -0.4 is 4.90 Å². The Morgan fingerprint density at radius 1 is 1.30 bits per heavy atom. The van der Waals surface area contributed by atoms with Gasteiger partial charge in [-0.2, -0.15) is 0 Å². The maximum absolute atomic E-state index is 10.7. The van der Waals surface area contributed by atoms with Crippen LogP contribution in [0.15, 0.2) is 47.9 Å². The van der Waals surface area contributed by atoms with Crippen molar-refractivity contribution >= 4 is 29.1 Å². The van der Waals surface area contributed by atoms with E-state index >= 15 is 0 Å². The van der Waals surface area contributed by atoms with Gasteiger partial charge >= 0.3 is 5.97 Å². The van der Waals surface area contributed by atoms with Gasteiger partial charge in [-0.15, -0.1) is 11.3 Å². The Hall–Kier alpha value is -2.07. The second-order valence-electron chi connectivity index (χ2n) is 4.53. The van der Waals surface area contributed by atoms with Crippen molar-refractivity contribution in [3.05, 3.63) is 58.3 Å². The molecule has 1 unspecified atom stereocenters. The van der Waals surface area contributed by atoms with Gasteiger partial charge in [0.05, 0.1) is 6.04 Å². The van der Waals surface area contributed by atoms with Crippen LogP contribution in [0.25, 0.3) is 6.08 Å². The van der Waals surface area contributed by atoms with E-state index < -0.39 is 5.97 Å². The molecule has 0 fully saturated rings. The van der Waals surface area contributed by atoms with Crippen LogP contribution in [0, 0.1) is 0 Å². The SMILES string of the molecule is CC(c1cccs1)N(C)c1ccccc1C=CC(=O)O. The number of hydrogen-bond donors (Lipinski definition) is 1. The number of anilines is 1. The first kappa shape index (κ1) is 14.3. The molecule has 0 spiro atoms. The van der Waals surface area contributed by atoms with Crippen molar-refractivity contribution in [3.63, 3.8) is 0 Å². The lowest BCUT2D eigenvalue weighted by molar-refractivity contribution is -0.131. The first-order chi connectivity index (χ1) is 9.59. The maximum Gasteiger partial charge on any atom is 0.328 e. The Morgan fingerprint density at radius 3 is 2.70 bits per heavy atom. The molecule has 1 aromatic heterocycles. The van der Waals surface area contributed by atoms with Crippen molar-refractivity contribution < 1.29 is 9.90 Å². The molecule has 20 heavy (non-hydrogen) atoms. The molecule has 1 heterocycles. The second kappa shape index (κ2) is 6.39. The van der Waals surface area contributed by atoms with Crippen LogP contribution in [0.1, 0.15) is 23.4 Å². The lowest BCUT2D eigenvalue weighted by atomic mass is 10.1. The minimum Gasteiger partial charge on any atom is -0.478 e. The Balaban J connectivity index is 2.30. The van der Waals surface area contributed by atoms with Crippen LogP contribution >= 0.6 is 11.3 Å². The molecule has 0 saturated heterocycles. The molecule has 1 atom stereocenters. The lowest BCUT2D eigenvalue weighted by Gasteiger charge is -2.27. The molecule has 0 amide bonds. The van der Waals surface area contributed by atoms with Gasteiger partial charge in [-0.3, -0.25) is 0 Å². The van der Waals surface area contributed by atoms with Gasteiger partial charge in [-0.1, -0.05) is 24.3 Å². The number of thiophene rings is 1. The van der Waals surface area contributed by atoms with Gasteiger partial charge < -0.3 is 10.0 Å². The average molecular weight is 287 g/mol. The molecule has 2 rings (SSSR count). The first-order valence-corrected chi connectivity index (χ1v) is 7.24. The first-order valence-electron chi connectivity index (χ1n) is 6.36. The number of aliphatic carboxylic acids is 1. The van der Waals surface area contributed by atoms with E-state index in [0.29, 0.717) is 0 Å². The molecule has 1 N–H and O–H groups in total. The summed E-state index contributed by atoms with van der Waals surface area (Å²) in [6, 6.07) is 12.2. The zero-order valence-corrected chi connectivity index (χ0v) is 12.3. The number of rotatable bonds is 5. The summed E-state index contributed by atoms with van der Waals surface area (Å²) in [4.78, 5) is 14.1. The number of nitrogens with zero attached hydrogens (tertiary/aromatic N) is 1. The van der Waals surface area contributed by atoms with E-state index in [9.17, 15) is 4.79 Å². The van der Waals surface area contributed by atoms with Gasteiger partial charge in [0.25, 0.3) is 0 Å². The largest absolute Gasteiger partial charge is 0.478 e. The fraction of sp³-hybridized carbons (Fsp3) is 0.188. The molecule has 0 radical (unpaired) electrons. The van der Waals surface area contributed by atoms with E-state index in [0.717, 1.165) is 11.3 Å². The highest BCUT2D eigenvalue weighted by molar-refractivity contribution is 7.10. The molecule has 2 aromatic rings. The van der Waals surface area contributed by atoms with E-state index in [2.05, 4.69) is 23.3 Å². The van der Waals surface area contributed by atoms with Crippen molar-refractivity contribution in [3.8, 4) is 0 Å². The Kier molecular flexibility index (Phi) is 4.58.